The van der Waals surface area contributed by atoms with Crippen LogP contribution in [-0.2, 0) is 0 Å². The maximum atomic E-state index is 6.36. The van der Waals surface area contributed by atoms with E-state index in [4.69, 9.17) is 9.47 Å². The Balaban J connectivity index is 1.55. The highest BCUT2D eigenvalue weighted by atomic mass is 16.5. The minimum Gasteiger partial charge on any atom is -0.489 e. The van der Waals surface area contributed by atoms with Gasteiger partial charge < -0.3 is 9.47 Å². The molecule has 2 nitrogen and oxygen atoms in total. The Labute approximate surface area is 166 Å². The summed E-state index contributed by atoms with van der Waals surface area (Å²) in [4.78, 5) is 0. The Morgan fingerprint density at radius 2 is 1.11 bits per heavy atom. The first-order chi connectivity index (χ1) is 13.9. The molecule has 0 N–H and O–H groups in total. The first kappa shape index (κ1) is 17.9. The molecule has 1 atom stereocenters. The first-order valence-corrected chi connectivity index (χ1v) is 9.43. The zero-order valence-corrected chi connectivity index (χ0v) is 15.6. The van der Waals surface area contributed by atoms with E-state index >= 15 is 0 Å². The van der Waals surface area contributed by atoms with E-state index in [9.17, 15) is 0 Å². The predicted octanol–water partition coefficient (Wildman–Crippen LogP) is 6.55. The minimum absolute atomic E-state index is 0.201. The van der Waals surface area contributed by atoms with Gasteiger partial charge in [0.2, 0.25) is 0 Å². The lowest BCUT2D eigenvalue weighted by atomic mass is 10.1. The predicted molar refractivity (Wildman–Crippen MR) is 114 cm³/mol. The molecule has 0 saturated heterocycles. The molecule has 0 aromatic heterocycles. The van der Waals surface area contributed by atoms with E-state index in [2.05, 4.69) is 36.4 Å². The van der Waals surface area contributed by atoms with E-state index in [0.717, 1.165) is 22.6 Å². The molecule has 0 bridgehead atoms. The van der Waals surface area contributed by atoms with E-state index in [1.165, 1.54) is 5.56 Å². The number of ether oxygens (including phenoxy) is 2. The largest absolute Gasteiger partial charge is 0.489 e. The van der Waals surface area contributed by atoms with Gasteiger partial charge in [0.05, 0.1) is 0 Å². The molecule has 0 heterocycles. The topological polar surface area (TPSA) is 18.5 Å². The smallest absolute Gasteiger partial charge is 0.158 e. The van der Waals surface area contributed by atoms with Crippen LogP contribution in [0.1, 0.15) is 11.7 Å². The summed E-state index contributed by atoms with van der Waals surface area (Å²) >= 11 is 0. The van der Waals surface area contributed by atoms with E-state index in [-0.39, 0.29) is 6.10 Å². The van der Waals surface area contributed by atoms with Gasteiger partial charge in [0, 0.05) is 0 Å². The van der Waals surface area contributed by atoms with Gasteiger partial charge in [-0.05, 0) is 41.0 Å². The fourth-order valence-electron chi connectivity index (χ4n) is 3.10. The van der Waals surface area contributed by atoms with Crippen molar-refractivity contribution in [3.05, 3.63) is 121 Å². The van der Waals surface area contributed by atoms with Crippen LogP contribution >= 0.6 is 0 Å². The van der Waals surface area contributed by atoms with E-state index in [1.807, 2.05) is 78.9 Å². The quantitative estimate of drug-likeness (QED) is 0.369. The van der Waals surface area contributed by atoms with Crippen molar-refractivity contribution in [1.82, 2.24) is 0 Å². The SMILES string of the molecule is c1ccc(OCC(Oc2cccc(-c3ccccc3)c2)c2ccccc2)cc1. The van der Waals surface area contributed by atoms with Crippen LogP contribution in [0.4, 0.5) is 0 Å². The summed E-state index contributed by atoms with van der Waals surface area (Å²) in [5.74, 6) is 1.66. The molecule has 4 aromatic rings. The summed E-state index contributed by atoms with van der Waals surface area (Å²) in [6.07, 6.45) is -0.201. The third kappa shape index (κ3) is 4.60. The van der Waals surface area contributed by atoms with Gasteiger partial charge >= 0.3 is 0 Å². The van der Waals surface area contributed by atoms with Crippen LogP contribution in [0, 0.1) is 0 Å². The van der Waals surface area contributed by atoms with Crippen LogP contribution in [-0.4, -0.2) is 6.61 Å². The molecule has 0 aliphatic carbocycles. The number of hydrogen-bond acceptors (Lipinski definition) is 2. The van der Waals surface area contributed by atoms with Crippen LogP contribution in [0.3, 0.4) is 0 Å². The van der Waals surface area contributed by atoms with Crippen molar-refractivity contribution < 1.29 is 9.47 Å². The molecule has 4 aromatic carbocycles. The Morgan fingerprint density at radius 3 is 1.82 bits per heavy atom. The molecule has 0 saturated carbocycles. The van der Waals surface area contributed by atoms with Crippen LogP contribution in [0.15, 0.2) is 115 Å². The highest BCUT2D eigenvalue weighted by Gasteiger charge is 2.15. The molecule has 4 rings (SSSR count). The maximum Gasteiger partial charge on any atom is 0.158 e. The van der Waals surface area contributed by atoms with Crippen LogP contribution in [0.25, 0.3) is 11.1 Å². The zero-order valence-electron chi connectivity index (χ0n) is 15.6. The molecular weight excluding hydrogens is 344 g/mol. The third-order valence-corrected chi connectivity index (χ3v) is 4.54. The fourth-order valence-corrected chi connectivity index (χ4v) is 3.10. The molecular formula is C26H22O2. The van der Waals surface area contributed by atoms with Gasteiger partial charge in [0.25, 0.3) is 0 Å². The molecule has 0 amide bonds. The van der Waals surface area contributed by atoms with Crippen molar-refractivity contribution in [2.45, 2.75) is 6.10 Å². The molecule has 28 heavy (non-hydrogen) atoms. The van der Waals surface area contributed by atoms with Crippen molar-refractivity contribution in [1.29, 1.82) is 0 Å². The van der Waals surface area contributed by atoms with Gasteiger partial charge in [-0.2, -0.15) is 0 Å². The average molecular weight is 366 g/mol. The van der Waals surface area contributed by atoms with Crippen molar-refractivity contribution in [2.24, 2.45) is 0 Å². The van der Waals surface area contributed by atoms with Crippen molar-refractivity contribution in [2.75, 3.05) is 6.61 Å². The normalized spacial score (nSPS) is 11.6. The van der Waals surface area contributed by atoms with Crippen molar-refractivity contribution in [3.8, 4) is 22.6 Å². The molecule has 0 aliphatic heterocycles. The van der Waals surface area contributed by atoms with Gasteiger partial charge in [-0.1, -0.05) is 91.0 Å². The van der Waals surface area contributed by atoms with Gasteiger partial charge in [-0.15, -0.1) is 0 Å². The van der Waals surface area contributed by atoms with E-state index < -0.39 is 0 Å². The van der Waals surface area contributed by atoms with E-state index in [1.54, 1.807) is 0 Å². The van der Waals surface area contributed by atoms with Gasteiger partial charge in [0.1, 0.15) is 18.1 Å². The standard InChI is InChI=1S/C26H22O2/c1-4-11-21(12-5-1)23-15-10-18-25(19-23)28-26(22-13-6-2-7-14-22)20-27-24-16-8-3-9-17-24/h1-19,26H,20H2. The zero-order chi connectivity index (χ0) is 19.0. The Morgan fingerprint density at radius 1 is 0.536 bits per heavy atom. The Bertz CT molecular complexity index is 982. The molecule has 0 spiro atoms. The lowest BCUT2D eigenvalue weighted by Gasteiger charge is -2.20. The fraction of sp³-hybridized carbons (Fsp3) is 0.0769. The molecule has 1 unspecified atom stereocenters. The number of benzene rings is 4. The van der Waals surface area contributed by atoms with Crippen LogP contribution < -0.4 is 9.47 Å². The maximum absolute atomic E-state index is 6.36. The number of para-hydroxylation sites is 1. The summed E-state index contributed by atoms with van der Waals surface area (Å²) in [7, 11) is 0. The average Bonchev–Trinajstić information content (AvgIpc) is 2.79. The number of hydrogen-bond donors (Lipinski definition) is 0. The second kappa shape index (κ2) is 8.92. The number of rotatable bonds is 7. The lowest BCUT2D eigenvalue weighted by Crippen LogP contribution is -2.16. The van der Waals surface area contributed by atoms with Crippen LogP contribution in [0.5, 0.6) is 11.5 Å². The lowest BCUT2D eigenvalue weighted by molar-refractivity contribution is 0.129. The second-order valence-corrected chi connectivity index (χ2v) is 6.54. The monoisotopic (exact) mass is 366 g/mol. The van der Waals surface area contributed by atoms with Crippen LogP contribution in [0.2, 0.25) is 0 Å². The van der Waals surface area contributed by atoms with E-state index in [0.29, 0.717) is 6.61 Å². The van der Waals surface area contributed by atoms with Crippen molar-refractivity contribution in [3.63, 3.8) is 0 Å². The van der Waals surface area contributed by atoms with Gasteiger partial charge in [-0.25, -0.2) is 0 Å². The van der Waals surface area contributed by atoms with Crippen molar-refractivity contribution >= 4 is 0 Å². The molecule has 0 aliphatic rings. The summed E-state index contributed by atoms with van der Waals surface area (Å²) in [6, 6.07) is 38.5. The minimum atomic E-state index is -0.201. The third-order valence-electron chi connectivity index (χ3n) is 4.54. The molecule has 0 fully saturated rings. The Hall–Kier alpha value is -3.52. The molecule has 0 radical (unpaired) electrons. The first-order valence-electron chi connectivity index (χ1n) is 9.43. The molecule has 2 heteroatoms. The highest BCUT2D eigenvalue weighted by Crippen LogP contribution is 2.28. The summed E-state index contributed by atoms with van der Waals surface area (Å²) in [5, 5.41) is 0. The summed E-state index contributed by atoms with van der Waals surface area (Å²) in [5.41, 5.74) is 3.39. The highest BCUT2D eigenvalue weighted by molar-refractivity contribution is 5.64. The van der Waals surface area contributed by atoms with Gasteiger partial charge in [0.15, 0.2) is 6.10 Å². The van der Waals surface area contributed by atoms with Gasteiger partial charge in [-0.3, -0.25) is 0 Å². The molecule has 138 valence electrons. The summed E-state index contributed by atoms with van der Waals surface area (Å²) in [6.45, 7) is 0.434. The Kier molecular flexibility index (Phi) is 5.69. The summed E-state index contributed by atoms with van der Waals surface area (Å²) < 4.78 is 12.3. The second-order valence-electron chi connectivity index (χ2n) is 6.54.